The Balaban J connectivity index is 2.96. The first-order valence-corrected chi connectivity index (χ1v) is 8.05. The summed E-state index contributed by atoms with van der Waals surface area (Å²) in [6.07, 6.45) is 1.93. The van der Waals surface area contributed by atoms with E-state index in [9.17, 15) is 0 Å². The van der Waals surface area contributed by atoms with E-state index in [1.807, 2.05) is 6.08 Å². The number of aromatic nitrogens is 1. The number of nitrogens with zero attached hydrogens (tertiary/aromatic N) is 2. The second kappa shape index (κ2) is 8.83. The Labute approximate surface area is 130 Å². The van der Waals surface area contributed by atoms with Gasteiger partial charge < -0.3 is 10.2 Å². The summed E-state index contributed by atoms with van der Waals surface area (Å²) in [4.78, 5) is 7.07. The molecule has 0 aromatic carbocycles. The summed E-state index contributed by atoms with van der Waals surface area (Å²) in [7, 11) is 0. The predicted octanol–water partition coefficient (Wildman–Crippen LogP) is 3.96. The number of anilines is 1. The van der Waals surface area contributed by atoms with Gasteiger partial charge in [0.15, 0.2) is 0 Å². The topological polar surface area (TPSA) is 28.2 Å². The van der Waals surface area contributed by atoms with Crippen molar-refractivity contribution in [1.82, 2.24) is 10.3 Å². The van der Waals surface area contributed by atoms with E-state index in [0.717, 1.165) is 37.7 Å². The molecule has 118 valence electrons. The van der Waals surface area contributed by atoms with E-state index in [1.165, 1.54) is 5.56 Å². The Morgan fingerprint density at radius 2 is 2.00 bits per heavy atom. The molecule has 0 amide bonds. The molecule has 0 atom stereocenters. The van der Waals surface area contributed by atoms with Crippen LogP contribution in [0.5, 0.6) is 0 Å². The molecular formula is C18H31N3. The van der Waals surface area contributed by atoms with Crippen molar-refractivity contribution < 1.29 is 0 Å². The highest BCUT2D eigenvalue weighted by atomic mass is 15.2. The lowest BCUT2D eigenvalue weighted by Crippen LogP contribution is -2.25. The van der Waals surface area contributed by atoms with Crippen molar-refractivity contribution in [2.75, 3.05) is 24.5 Å². The number of hydrogen-bond acceptors (Lipinski definition) is 3. The van der Waals surface area contributed by atoms with Gasteiger partial charge >= 0.3 is 0 Å². The molecule has 0 unspecified atom stereocenters. The van der Waals surface area contributed by atoms with Gasteiger partial charge in [-0.05, 0) is 43.0 Å². The molecule has 0 fully saturated rings. The molecule has 0 saturated heterocycles. The molecule has 1 heterocycles. The Hall–Kier alpha value is -1.35. The van der Waals surface area contributed by atoms with Gasteiger partial charge in [0.25, 0.3) is 0 Å². The van der Waals surface area contributed by atoms with Crippen LogP contribution in [0.15, 0.2) is 24.8 Å². The lowest BCUT2D eigenvalue weighted by atomic mass is 10.1. The van der Waals surface area contributed by atoms with Crippen LogP contribution >= 0.6 is 0 Å². The maximum absolute atomic E-state index is 4.82. The number of nitrogens with one attached hydrogen (secondary N) is 1. The van der Waals surface area contributed by atoms with Gasteiger partial charge in [-0.15, -0.1) is 6.58 Å². The van der Waals surface area contributed by atoms with Crippen molar-refractivity contribution in [1.29, 1.82) is 0 Å². The van der Waals surface area contributed by atoms with E-state index >= 15 is 0 Å². The molecule has 0 aliphatic rings. The van der Waals surface area contributed by atoms with Crippen LogP contribution in [0.2, 0.25) is 0 Å². The average Bonchev–Trinajstić information content (AvgIpc) is 2.44. The average molecular weight is 289 g/mol. The van der Waals surface area contributed by atoms with E-state index in [2.05, 4.69) is 63.5 Å². The van der Waals surface area contributed by atoms with Gasteiger partial charge in [0.2, 0.25) is 0 Å². The molecular weight excluding hydrogens is 258 g/mol. The van der Waals surface area contributed by atoms with E-state index in [-0.39, 0.29) is 0 Å². The lowest BCUT2D eigenvalue weighted by molar-refractivity contribution is 0.551. The van der Waals surface area contributed by atoms with Crippen LogP contribution in [0.25, 0.3) is 0 Å². The van der Waals surface area contributed by atoms with Crippen molar-refractivity contribution in [3.05, 3.63) is 36.0 Å². The highest BCUT2D eigenvalue weighted by Gasteiger charge is 2.10. The molecule has 0 bridgehead atoms. The fourth-order valence-corrected chi connectivity index (χ4v) is 2.20. The van der Waals surface area contributed by atoms with Gasteiger partial charge in [0, 0.05) is 25.3 Å². The largest absolute Gasteiger partial charge is 0.353 e. The van der Waals surface area contributed by atoms with Crippen molar-refractivity contribution in [3.63, 3.8) is 0 Å². The second-order valence-corrected chi connectivity index (χ2v) is 6.27. The van der Waals surface area contributed by atoms with Gasteiger partial charge in [0.1, 0.15) is 5.82 Å². The Bertz CT molecular complexity index is 438. The summed E-state index contributed by atoms with van der Waals surface area (Å²) in [6.45, 7) is 18.6. The summed E-state index contributed by atoms with van der Waals surface area (Å²) in [6, 6.07) is 4.43. The zero-order chi connectivity index (χ0) is 15.8. The number of rotatable bonds is 9. The highest BCUT2D eigenvalue weighted by molar-refractivity contribution is 5.44. The SMILES string of the molecule is C=CCN(CC)c1cc(CNCC(C)C)cc(C(C)C)n1. The predicted molar refractivity (Wildman–Crippen MR) is 93.0 cm³/mol. The highest BCUT2D eigenvalue weighted by Crippen LogP contribution is 2.20. The molecule has 0 radical (unpaired) electrons. The minimum absolute atomic E-state index is 0.441. The van der Waals surface area contributed by atoms with Crippen LogP contribution < -0.4 is 10.2 Å². The van der Waals surface area contributed by atoms with Crippen molar-refractivity contribution in [3.8, 4) is 0 Å². The maximum atomic E-state index is 4.82. The first kappa shape index (κ1) is 17.7. The standard InChI is InChI=1S/C18H31N3/c1-7-9-21(8-2)18-11-16(13-19-12-14(3)4)10-17(20-18)15(5)6/h7,10-11,14-15,19H,1,8-9,12-13H2,2-6H3. The summed E-state index contributed by atoms with van der Waals surface area (Å²) in [5, 5.41) is 3.52. The van der Waals surface area contributed by atoms with Crippen LogP contribution in [-0.2, 0) is 6.54 Å². The molecule has 1 aromatic heterocycles. The molecule has 1 N–H and O–H groups in total. The quantitative estimate of drug-likeness (QED) is 0.697. The molecule has 0 saturated carbocycles. The lowest BCUT2D eigenvalue weighted by Gasteiger charge is -2.22. The third-order valence-electron chi connectivity index (χ3n) is 3.42. The first-order chi connectivity index (χ1) is 9.97. The Morgan fingerprint density at radius 3 is 2.52 bits per heavy atom. The molecule has 0 aliphatic carbocycles. The summed E-state index contributed by atoms with van der Waals surface area (Å²) < 4.78 is 0. The van der Waals surface area contributed by atoms with Crippen LogP contribution in [-0.4, -0.2) is 24.6 Å². The van der Waals surface area contributed by atoms with E-state index < -0.39 is 0 Å². The van der Waals surface area contributed by atoms with E-state index in [0.29, 0.717) is 11.8 Å². The molecule has 0 spiro atoms. The van der Waals surface area contributed by atoms with Gasteiger partial charge in [-0.2, -0.15) is 0 Å². The minimum Gasteiger partial charge on any atom is -0.353 e. The van der Waals surface area contributed by atoms with E-state index in [4.69, 9.17) is 4.98 Å². The maximum Gasteiger partial charge on any atom is 0.129 e. The van der Waals surface area contributed by atoms with Crippen LogP contribution in [0, 0.1) is 5.92 Å². The minimum atomic E-state index is 0.441. The number of hydrogen-bond donors (Lipinski definition) is 1. The first-order valence-electron chi connectivity index (χ1n) is 8.05. The molecule has 3 heteroatoms. The molecule has 1 rings (SSSR count). The summed E-state index contributed by atoms with van der Waals surface area (Å²) >= 11 is 0. The fraction of sp³-hybridized carbons (Fsp3) is 0.611. The molecule has 21 heavy (non-hydrogen) atoms. The second-order valence-electron chi connectivity index (χ2n) is 6.27. The zero-order valence-electron chi connectivity index (χ0n) is 14.3. The molecule has 3 nitrogen and oxygen atoms in total. The summed E-state index contributed by atoms with van der Waals surface area (Å²) in [5.74, 6) is 2.17. The van der Waals surface area contributed by atoms with Crippen LogP contribution in [0.4, 0.5) is 5.82 Å². The zero-order valence-corrected chi connectivity index (χ0v) is 14.3. The Kier molecular flexibility index (Phi) is 7.44. The summed E-state index contributed by atoms with van der Waals surface area (Å²) in [5.41, 5.74) is 2.48. The third kappa shape index (κ3) is 5.88. The fourth-order valence-electron chi connectivity index (χ4n) is 2.20. The normalized spacial score (nSPS) is 11.2. The van der Waals surface area contributed by atoms with Crippen LogP contribution in [0.3, 0.4) is 0 Å². The molecule has 1 aromatic rings. The number of pyridine rings is 1. The smallest absolute Gasteiger partial charge is 0.129 e. The molecule has 0 aliphatic heterocycles. The van der Waals surface area contributed by atoms with E-state index in [1.54, 1.807) is 0 Å². The van der Waals surface area contributed by atoms with Gasteiger partial charge in [-0.3, -0.25) is 0 Å². The van der Waals surface area contributed by atoms with Gasteiger partial charge in [-0.1, -0.05) is 33.8 Å². The third-order valence-corrected chi connectivity index (χ3v) is 3.42. The Morgan fingerprint density at radius 1 is 1.29 bits per heavy atom. The van der Waals surface area contributed by atoms with Crippen molar-refractivity contribution in [2.24, 2.45) is 5.92 Å². The monoisotopic (exact) mass is 289 g/mol. The van der Waals surface area contributed by atoms with Crippen molar-refractivity contribution in [2.45, 2.75) is 47.1 Å². The van der Waals surface area contributed by atoms with Gasteiger partial charge in [-0.25, -0.2) is 4.98 Å². The van der Waals surface area contributed by atoms with Gasteiger partial charge in [0.05, 0.1) is 0 Å². The number of likely N-dealkylation sites (N-methyl/N-ethyl adjacent to an activating group) is 1. The van der Waals surface area contributed by atoms with Crippen LogP contribution in [0.1, 0.15) is 51.8 Å². The van der Waals surface area contributed by atoms with Crippen molar-refractivity contribution >= 4 is 5.82 Å².